The SMILES string of the molecule is Oc1ccccc1N=Nc1ccc2ccccc2c1O.[Cr]. The van der Waals surface area contributed by atoms with Crippen molar-refractivity contribution in [2.75, 3.05) is 0 Å². The molecule has 0 bridgehead atoms. The first-order valence-electron chi connectivity index (χ1n) is 6.16. The number of hydrogen-bond donors (Lipinski definition) is 2. The predicted molar refractivity (Wildman–Crippen MR) is 77.9 cm³/mol. The van der Waals surface area contributed by atoms with Crippen molar-refractivity contribution in [3.05, 3.63) is 60.7 Å². The van der Waals surface area contributed by atoms with Gasteiger partial charge in [0.05, 0.1) is 0 Å². The predicted octanol–water partition coefficient (Wildman–Crippen LogP) is 4.66. The zero-order valence-corrected chi connectivity index (χ0v) is 12.2. The van der Waals surface area contributed by atoms with Crippen LogP contribution in [-0.4, -0.2) is 10.2 Å². The number of fused-ring (bicyclic) bond motifs is 1. The van der Waals surface area contributed by atoms with Gasteiger partial charge in [-0.15, -0.1) is 10.2 Å². The van der Waals surface area contributed by atoms with Crippen LogP contribution in [-0.2, 0) is 17.4 Å². The van der Waals surface area contributed by atoms with Crippen molar-refractivity contribution < 1.29 is 27.6 Å². The van der Waals surface area contributed by atoms with E-state index in [4.69, 9.17) is 0 Å². The van der Waals surface area contributed by atoms with Crippen LogP contribution >= 0.6 is 0 Å². The summed E-state index contributed by atoms with van der Waals surface area (Å²) in [5.74, 6) is 0.138. The number of hydrogen-bond acceptors (Lipinski definition) is 4. The van der Waals surface area contributed by atoms with Crippen LogP contribution in [0.25, 0.3) is 10.8 Å². The second-order valence-electron chi connectivity index (χ2n) is 4.34. The molecule has 3 aromatic carbocycles. The molecule has 0 aliphatic heterocycles. The van der Waals surface area contributed by atoms with E-state index in [1.54, 1.807) is 24.3 Å². The van der Waals surface area contributed by atoms with Gasteiger partial charge in [-0.25, -0.2) is 0 Å². The first-order chi connectivity index (χ1) is 9.75. The minimum atomic E-state index is 0. The number of benzene rings is 3. The fourth-order valence-corrected chi connectivity index (χ4v) is 1.98. The van der Waals surface area contributed by atoms with Gasteiger partial charge in [0.1, 0.15) is 17.1 Å². The quantitative estimate of drug-likeness (QED) is 0.675. The molecule has 0 aromatic heterocycles. The molecule has 0 saturated heterocycles. The number of azo groups is 1. The number of rotatable bonds is 2. The van der Waals surface area contributed by atoms with Gasteiger partial charge in [-0.2, -0.15) is 0 Å². The Kier molecular flexibility index (Phi) is 4.59. The molecule has 0 unspecified atom stereocenters. The number of phenols is 2. The Hall–Kier alpha value is -2.35. The van der Waals surface area contributed by atoms with Crippen molar-refractivity contribution in [2.24, 2.45) is 10.2 Å². The van der Waals surface area contributed by atoms with E-state index >= 15 is 0 Å². The normalized spacial score (nSPS) is 10.7. The van der Waals surface area contributed by atoms with E-state index in [2.05, 4.69) is 10.2 Å². The Bertz CT molecular complexity index is 803. The van der Waals surface area contributed by atoms with Crippen molar-refractivity contribution in [2.45, 2.75) is 0 Å². The van der Waals surface area contributed by atoms with Crippen LogP contribution in [0.15, 0.2) is 70.9 Å². The van der Waals surface area contributed by atoms with Gasteiger partial charge in [-0.1, -0.05) is 42.5 Å². The molecule has 0 radical (unpaired) electrons. The molecule has 0 aliphatic rings. The van der Waals surface area contributed by atoms with Crippen LogP contribution in [0.2, 0.25) is 0 Å². The average molecular weight is 316 g/mol. The number of para-hydroxylation sites is 1. The molecule has 0 fully saturated rings. The third-order valence-corrected chi connectivity index (χ3v) is 3.03. The van der Waals surface area contributed by atoms with Crippen LogP contribution in [0.1, 0.15) is 0 Å². The molecule has 0 heterocycles. The van der Waals surface area contributed by atoms with E-state index in [0.717, 1.165) is 10.8 Å². The van der Waals surface area contributed by atoms with Gasteiger partial charge in [-0.05, 0) is 23.6 Å². The molecule has 0 aliphatic carbocycles. The Balaban J connectivity index is 0.00000161. The van der Waals surface area contributed by atoms with E-state index < -0.39 is 0 Å². The average Bonchev–Trinajstić information content (AvgIpc) is 2.48. The van der Waals surface area contributed by atoms with Crippen LogP contribution in [0.4, 0.5) is 11.4 Å². The number of aromatic hydroxyl groups is 2. The van der Waals surface area contributed by atoms with E-state index in [1.165, 1.54) is 6.07 Å². The molecule has 3 rings (SSSR count). The van der Waals surface area contributed by atoms with E-state index in [0.29, 0.717) is 11.4 Å². The Morgan fingerprint density at radius 2 is 1.33 bits per heavy atom. The Morgan fingerprint density at radius 3 is 2.14 bits per heavy atom. The summed E-state index contributed by atoms with van der Waals surface area (Å²) in [6, 6.07) is 17.7. The van der Waals surface area contributed by atoms with E-state index in [-0.39, 0.29) is 28.9 Å². The summed E-state index contributed by atoms with van der Waals surface area (Å²) in [4.78, 5) is 0. The summed E-state index contributed by atoms with van der Waals surface area (Å²) in [5.41, 5.74) is 0.729. The third-order valence-electron chi connectivity index (χ3n) is 3.03. The van der Waals surface area contributed by atoms with E-state index in [9.17, 15) is 10.2 Å². The molecule has 5 heteroatoms. The fourth-order valence-electron chi connectivity index (χ4n) is 1.98. The minimum absolute atomic E-state index is 0. The Labute approximate surface area is 132 Å². The smallest absolute Gasteiger partial charge is 0.150 e. The van der Waals surface area contributed by atoms with Crippen molar-refractivity contribution in [1.29, 1.82) is 0 Å². The van der Waals surface area contributed by atoms with Gasteiger partial charge in [0.25, 0.3) is 0 Å². The molecule has 4 nitrogen and oxygen atoms in total. The van der Waals surface area contributed by atoms with E-state index in [1.807, 2.05) is 30.3 Å². The first-order valence-corrected chi connectivity index (χ1v) is 6.16. The first kappa shape index (κ1) is 15.0. The molecule has 0 amide bonds. The topological polar surface area (TPSA) is 65.2 Å². The van der Waals surface area contributed by atoms with Crippen LogP contribution < -0.4 is 0 Å². The summed E-state index contributed by atoms with van der Waals surface area (Å²) in [6.07, 6.45) is 0. The third kappa shape index (κ3) is 3.05. The van der Waals surface area contributed by atoms with Gasteiger partial charge in [0, 0.05) is 22.7 Å². The largest absolute Gasteiger partial charge is 0.506 e. The molecule has 0 spiro atoms. The molecule has 0 atom stereocenters. The molecular weight excluding hydrogens is 304 g/mol. The molecule has 2 N–H and O–H groups in total. The van der Waals surface area contributed by atoms with Crippen LogP contribution in [0.5, 0.6) is 11.5 Å². The zero-order valence-electron chi connectivity index (χ0n) is 11.0. The number of nitrogens with zero attached hydrogens (tertiary/aromatic N) is 2. The van der Waals surface area contributed by atoms with Crippen molar-refractivity contribution in [3.63, 3.8) is 0 Å². The standard InChI is InChI=1S/C16H12N2O2.Cr/c19-15-8-4-3-7-13(15)17-18-14-10-9-11-5-1-2-6-12(11)16(14)20;/h1-10,19-20H;. The van der Waals surface area contributed by atoms with Crippen LogP contribution in [0, 0.1) is 0 Å². The maximum Gasteiger partial charge on any atom is 0.150 e. The van der Waals surface area contributed by atoms with Crippen LogP contribution in [0.3, 0.4) is 0 Å². The van der Waals surface area contributed by atoms with Crippen molar-refractivity contribution >= 4 is 22.1 Å². The summed E-state index contributed by atoms with van der Waals surface area (Å²) in [7, 11) is 0. The van der Waals surface area contributed by atoms with Gasteiger partial charge in [-0.3, -0.25) is 0 Å². The molecule has 104 valence electrons. The second-order valence-corrected chi connectivity index (χ2v) is 4.34. The minimum Gasteiger partial charge on any atom is -0.506 e. The van der Waals surface area contributed by atoms with Gasteiger partial charge >= 0.3 is 0 Å². The monoisotopic (exact) mass is 316 g/mol. The van der Waals surface area contributed by atoms with Crippen molar-refractivity contribution in [3.8, 4) is 11.5 Å². The molecule has 21 heavy (non-hydrogen) atoms. The molecule has 0 saturated carbocycles. The summed E-state index contributed by atoms with van der Waals surface area (Å²) < 4.78 is 0. The number of phenolic OH excluding ortho intramolecular Hbond substituents is 2. The van der Waals surface area contributed by atoms with Crippen molar-refractivity contribution in [1.82, 2.24) is 0 Å². The molecule has 3 aromatic rings. The summed E-state index contributed by atoms with van der Waals surface area (Å²) in [6.45, 7) is 0. The summed E-state index contributed by atoms with van der Waals surface area (Å²) in [5, 5.41) is 29.4. The second kappa shape index (κ2) is 6.40. The maximum atomic E-state index is 10.2. The fraction of sp³-hybridized carbons (Fsp3) is 0. The van der Waals surface area contributed by atoms with Gasteiger partial charge < -0.3 is 10.2 Å². The molecular formula is C16H12CrN2O2. The van der Waals surface area contributed by atoms with Gasteiger partial charge in [0.2, 0.25) is 0 Å². The van der Waals surface area contributed by atoms with Gasteiger partial charge in [0.15, 0.2) is 5.75 Å². The maximum absolute atomic E-state index is 10.2. The zero-order chi connectivity index (χ0) is 13.9. The summed E-state index contributed by atoms with van der Waals surface area (Å²) >= 11 is 0. The Morgan fingerprint density at radius 1 is 0.667 bits per heavy atom.